The third kappa shape index (κ3) is 5.24. The first-order valence-electron chi connectivity index (χ1n) is 7.45. The van der Waals surface area contributed by atoms with Crippen LogP contribution >= 0.6 is 12.4 Å². The Hall–Kier alpha value is -1.15. The van der Waals surface area contributed by atoms with Crippen LogP contribution in [0, 0.1) is 0 Å². The minimum Gasteiger partial charge on any atom is -0.383 e. The number of aromatic nitrogens is 2. The van der Waals surface area contributed by atoms with Crippen molar-refractivity contribution in [3.63, 3.8) is 0 Å². The van der Waals surface area contributed by atoms with Crippen molar-refractivity contribution < 1.29 is 9.53 Å². The van der Waals surface area contributed by atoms with E-state index in [0.717, 1.165) is 50.3 Å². The molecule has 0 saturated carbocycles. The summed E-state index contributed by atoms with van der Waals surface area (Å²) in [7, 11) is 3.75. The van der Waals surface area contributed by atoms with Gasteiger partial charge in [-0.2, -0.15) is 5.10 Å². The van der Waals surface area contributed by atoms with Crippen LogP contribution in [-0.4, -0.2) is 67.9 Å². The monoisotopic (exact) mass is 331 g/mol. The number of ether oxygens (including phenoxy) is 1. The van der Waals surface area contributed by atoms with Crippen molar-refractivity contribution in [1.29, 1.82) is 0 Å². The highest BCUT2D eigenvalue weighted by atomic mass is 35.5. The van der Waals surface area contributed by atoms with E-state index in [2.05, 4.69) is 32.8 Å². The second kappa shape index (κ2) is 9.78. The molecule has 3 N–H and O–H groups in total. The van der Waals surface area contributed by atoms with Crippen molar-refractivity contribution in [2.75, 3.05) is 46.9 Å². The summed E-state index contributed by atoms with van der Waals surface area (Å²) in [5.74, 6) is -0.0873. The third-order valence-electron chi connectivity index (χ3n) is 3.70. The molecule has 0 atom stereocenters. The summed E-state index contributed by atoms with van der Waals surface area (Å²) in [6.45, 7) is 4.88. The van der Waals surface area contributed by atoms with E-state index < -0.39 is 0 Å². The lowest BCUT2D eigenvalue weighted by Gasteiger charge is -2.16. The van der Waals surface area contributed by atoms with Gasteiger partial charge in [0.1, 0.15) is 0 Å². The normalized spacial score (nSPS) is 13.6. The van der Waals surface area contributed by atoms with Crippen LogP contribution in [0.25, 0.3) is 0 Å². The number of fused-ring (bicyclic) bond motifs is 1. The Balaban J connectivity index is 0.00000242. The molecule has 2 rings (SSSR count). The van der Waals surface area contributed by atoms with Gasteiger partial charge in [0.15, 0.2) is 5.69 Å². The Bertz CT molecular complexity index is 466. The molecule has 0 unspecified atom stereocenters. The molecule has 0 saturated heterocycles. The predicted molar refractivity (Wildman–Crippen MR) is 87.6 cm³/mol. The van der Waals surface area contributed by atoms with E-state index >= 15 is 0 Å². The fraction of sp³-hybridized carbons (Fsp3) is 0.714. The Kier molecular flexibility index (Phi) is 8.40. The van der Waals surface area contributed by atoms with Crippen LogP contribution in [0.15, 0.2) is 0 Å². The zero-order valence-electron chi connectivity index (χ0n) is 13.3. The number of nitrogens with zero attached hydrogens (tertiary/aromatic N) is 2. The maximum atomic E-state index is 12.1. The molecule has 0 fully saturated rings. The first-order chi connectivity index (χ1) is 10.2. The summed E-state index contributed by atoms with van der Waals surface area (Å²) in [5.41, 5.74) is 2.62. The van der Waals surface area contributed by atoms with Gasteiger partial charge in [0, 0.05) is 51.0 Å². The lowest BCUT2D eigenvalue weighted by atomic mass is 10.1. The molecule has 8 heteroatoms. The molecule has 2 heterocycles. The minimum atomic E-state index is -0.0873. The average Bonchev–Trinajstić information content (AvgIpc) is 2.93. The third-order valence-corrected chi connectivity index (χ3v) is 3.70. The van der Waals surface area contributed by atoms with Gasteiger partial charge in [0.2, 0.25) is 0 Å². The van der Waals surface area contributed by atoms with Gasteiger partial charge in [-0.1, -0.05) is 0 Å². The van der Waals surface area contributed by atoms with Crippen molar-refractivity contribution >= 4 is 18.3 Å². The summed E-state index contributed by atoms with van der Waals surface area (Å²) in [6, 6.07) is 0. The second-order valence-corrected chi connectivity index (χ2v) is 5.36. The van der Waals surface area contributed by atoms with E-state index in [1.54, 1.807) is 7.11 Å². The number of carbonyl (C=O) groups is 1. The fourth-order valence-electron chi connectivity index (χ4n) is 2.41. The Morgan fingerprint density at radius 1 is 1.45 bits per heavy atom. The van der Waals surface area contributed by atoms with Gasteiger partial charge in [-0.25, -0.2) is 0 Å². The molecule has 126 valence electrons. The van der Waals surface area contributed by atoms with Crippen LogP contribution in [0.1, 0.15) is 28.2 Å². The molecular weight excluding hydrogens is 306 g/mol. The van der Waals surface area contributed by atoms with Crippen LogP contribution in [0.2, 0.25) is 0 Å². The summed E-state index contributed by atoms with van der Waals surface area (Å²) in [5, 5.41) is 13.3. The highest BCUT2D eigenvalue weighted by molar-refractivity contribution is 5.94. The first-order valence-corrected chi connectivity index (χ1v) is 7.45. The smallest absolute Gasteiger partial charge is 0.272 e. The van der Waals surface area contributed by atoms with Gasteiger partial charge < -0.3 is 20.3 Å². The summed E-state index contributed by atoms with van der Waals surface area (Å²) >= 11 is 0. The minimum absolute atomic E-state index is 0. The number of H-pyrrole nitrogens is 1. The largest absolute Gasteiger partial charge is 0.383 e. The molecular formula is C14H26ClN5O2. The molecule has 22 heavy (non-hydrogen) atoms. The van der Waals surface area contributed by atoms with E-state index in [1.807, 2.05) is 0 Å². The van der Waals surface area contributed by atoms with Crippen molar-refractivity contribution in [3.8, 4) is 0 Å². The number of nitrogens with one attached hydrogen (secondary N) is 3. The molecule has 0 bridgehead atoms. The number of carbonyl (C=O) groups excluding carboxylic acids is 1. The number of likely N-dealkylation sites (N-methyl/N-ethyl adjacent to an activating group) is 1. The predicted octanol–water partition coefficient (Wildman–Crippen LogP) is 0.175. The van der Waals surface area contributed by atoms with Crippen LogP contribution < -0.4 is 10.6 Å². The maximum Gasteiger partial charge on any atom is 0.272 e. The standard InChI is InChI=1S/C14H25N5O2.ClH/c1-19(8-9-21-2)7-3-5-16-14(20)13-11-10-15-6-4-12(11)17-18-13;/h15H,3-10H2,1-2H3,(H,16,20)(H,17,18);1H. The van der Waals surface area contributed by atoms with E-state index in [9.17, 15) is 4.79 Å². The van der Waals surface area contributed by atoms with Gasteiger partial charge >= 0.3 is 0 Å². The zero-order valence-corrected chi connectivity index (χ0v) is 14.1. The molecule has 1 amide bonds. The zero-order chi connectivity index (χ0) is 15.1. The topological polar surface area (TPSA) is 82.3 Å². The van der Waals surface area contributed by atoms with E-state index in [4.69, 9.17) is 4.74 Å². The van der Waals surface area contributed by atoms with E-state index in [1.165, 1.54) is 0 Å². The fourth-order valence-corrected chi connectivity index (χ4v) is 2.41. The van der Waals surface area contributed by atoms with Gasteiger partial charge in [-0.05, 0) is 20.0 Å². The second-order valence-electron chi connectivity index (χ2n) is 5.36. The molecule has 1 aromatic rings. The van der Waals surface area contributed by atoms with Gasteiger partial charge in [-0.3, -0.25) is 9.89 Å². The molecule has 0 aromatic carbocycles. The van der Waals surface area contributed by atoms with Crippen molar-refractivity contribution in [3.05, 3.63) is 17.0 Å². The summed E-state index contributed by atoms with van der Waals surface area (Å²) in [6.07, 6.45) is 1.82. The van der Waals surface area contributed by atoms with E-state index in [-0.39, 0.29) is 18.3 Å². The van der Waals surface area contributed by atoms with Crippen molar-refractivity contribution in [1.82, 2.24) is 25.7 Å². The Labute approximate surface area is 137 Å². The number of hydrogen-bond donors (Lipinski definition) is 3. The number of amides is 1. The van der Waals surface area contributed by atoms with Gasteiger partial charge in [0.05, 0.1) is 6.61 Å². The molecule has 1 aliphatic rings. The lowest BCUT2D eigenvalue weighted by Crippen LogP contribution is -2.31. The van der Waals surface area contributed by atoms with Gasteiger partial charge in [-0.15, -0.1) is 12.4 Å². The molecule has 1 aromatic heterocycles. The molecule has 0 radical (unpaired) electrons. The van der Waals surface area contributed by atoms with Crippen molar-refractivity contribution in [2.24, 2.45) is 0 Å². The quantitative estimate of drug-likeness (QED) is 0.592. The lowest BCUT2D eigenvalue weighted by molar-refractivity contribution is 0.0945. The Morgan fingerprint density at radius 3 is 3.05 bits per heavy atom. The summed E-state index contributed by atoms with van der Waals surface area (Å²) < 4.78 is 5.03. The molecule has 1 aliphatic heterocycles. The first kappa shape index (κ1) is 18.9. The summed E-state index contributed by atoms with van der Waals surface area (Å²) in [4.78, 5) is 14.3. The number of rotatable bonds is 8. The van der Waals surface area contributed by atoms with Crippen LogP contribution in [-0.2, 0) is 17.7 Å². The number of methoxy groups -OCH3 is 1. The highest BCUT2D eigenvalue weighted by Gasteiger charge is 2.20. The molecule has 7 nitrogen and oxygen atoms in total. The number of aromatic amines is 1. The average molecular weight is 332 g/mol. The maximum absolute atomic E-state index is 12.1. The number of halogens is 1. The SMILES string of the molecule is COCCN(C)CCCNC(=O)c1n[nH]c2c1CNCC2.Cl. The van der Waals surface area contributed by atoms with Gasteiger partial charge in [0.25, 0.3) is 5.91 Å². The highest BCUT2D eigenvalue weighted by Crippen LogP contribution is 2.14. The van der Waals surface area contributed by atoms with Crippen molar-refractivity contribution in [2.45, 2.75) is 19.4 Å². The van der Waals surface area contributed by atoms with E-state index in [0.29, 0.717) is 18.8 Å². The Morgan fingerprint density at radius 2 is 2.27 bits per heavy atom. The van der Waals surface area contributed by atoms with Crippen LogP contribution in [0.5, 0.6) is 0 Å². The number of hydrogen-bond acceptors (Lipinski definition) is 5. The van der Waals surface area contributed by atoms with Crippen LogP contribution in [0.4, 0.5) is 0 Å². The molecule has 0 aliphatic carbocycles. The van der Waals surface area contributed by atoms with Crippen LogP contribution in [0.3, 0.4) is 0 Å². The molecule has 0 spiro atoms.